The zero-order chi connectivity index (χ0) is 11.8. The van der Waals surface area contributed by atoms with Crippen LogP contribution in [-0.2, 0) is 6.18 Å². The Morgan fingerprint density at radius 2 is 1.75 bits per heavy atom. The van der Waals surface area contributed by atoms with Crippen molar-refractivity contribution in [1.29, 1.82) is 0 Å². The standard InChI is InChI=1S/C11H9F3N2/c1-8-7-10(11(12,13)14)15-16(8)9-5-3-2-4-6-9/h2-7H,1H3. The van der Waals surface area contributed by atoms with Gasteiger partial charge >= 0.3 is 6.18 Å². The van der Waals surface area contributed by atoms with Gasteiger partial charge in [-0.3, -0.25) is 0 Å². The molecule has 16 heavy (non-hydrogen) atoms. The Bertz CT molecular complexity index is 486. The van der Waals surface area contributed by atoms with E-state index in [4.69, 9.17) is 0 Å². The van der Waals surface area contributed by atoms with Gasteiger partial charge in [-0.25, -0.2) is 4.68 Å². The third kappa shape index (κ3) is 1.93. The van der Waals surface area contributed by atoms with Gasteiger partial charge in [0.1, 0.15) is 0 Å². The van der Waals surface area contributed by atoms with Crippen LogP contribution in [0.4, 0.5) is 13.2 Å². The third-order valence-electron chi connectivity index (χ3n) is 2.18. The number of alkyl halides is 3. The lowest BCUT2D eigenvalue weighted by Crippen LogP contribution is -2.07. The van der Waals surface area contributed by atoms with Gasteiger partial charge in [-0.05, 0) is 25.1 Å². The summed E-state index contributed by atoms with van der Waals surface area (Å²) in [6.07, 6.45) is -4.40. The molecule has 0 atom stereocenters. The molecule has 2 rings (SSSR count). The van der Waals surface area contributed by atoms with Gasteiger partial charge in [0.15, 0.2) is 5.69 Å². The van der Waals surface area contributed by atoms with Gasteiger partial charge in [-0.1, -0.05) is 18.2 Å². The number of hydrogen-bond acceptors (Lipinski definition) is 1. The Hall–Kier alpha value is -1.78. The molecule has 1 aromatic carbocycles. The lowest BCUT2D eigenvalue weighted by atomic mass is 10.3. The minimum atomic E-state index is -4.40. The molecule has 1 heterocycles. The van der Waals surface area contributed by atoms with Gasteiger partial charge in [0.25, 0.3) is 0 Å². The number of hydrogen-bond donors (Lipinski definition) is 0. The SMILES string of the molecule is Cc1cc(C(F)(F)F)nn1-c1ccccc1. The van der Waals surface area contributed by atoms with Crippen molar-refractivity contribution in [2.75, 3.05) is 0 Å². The fourth-order valence-corrected chi connectivity index (χ4v) is 1.44. The van der Waals surface area contributed by atoms with E-state index < -0.39 is 11.9 Å². The predicted octanol–water partition coefficient (Wildman–Crippen LogP) is 3.20. The van der Waals surface area contributed by atoms with E-state index in [2.05, 4.69) is 5.10 Å². The van der Waals surface area contributed by atoms with E-state index in [0.29, 0.717) is 11.4 Å². The van der Waals surface area contributed by atoms with Crippen molar-refractivity contribution in [2.45, 2.75) is 13.1 Å². The average molecular weight is 226 g/mol. The molecule has 0 saturated carbocycles. The van der Waals surface area contributed by atoms with E-state index in [1.165, 1.54) is 4.68 Å². The summed E-state index contributed by atoms with van der Waals surface area (Å²) in [5.74, 6) is 0. The molecule has 0 radical (unpaired) electrons. The summed E-state index contributed by atoms with van der Waals surface area (Å²) in [5, 5.41) is 3.54. The smallest absolute Gasteiger partial charge is 0.238 e. The highest BCUT2D eigenvalue weighted by atomic mass is 19.4. The van der Waals surface area contributed by atoms with Crippen molar-refractivity contribution in [3.63, 3.8) is 0 Å². The largest absolute Gasteiger partial charge is 0.435 e. The summed E-state index contributed by atoms with van der Waals surface area (Å²) >= 11 is 0. The highest BCUT2D eigenvalue weighted by Crippen LogP contribution is 2.29. The molecule has 0 amide bonds. The zero-order valence-electron chi connectivity index (χ0n) is 8.49. The molecule has 0 aliphatic heterocycles. The van der Waals surface area contributed by atoms with E-state index in [1.54, 1.807) is 37.3 Å². The van der Waals surface area contributed by atoms with Crippen LogP contribution in [0.2, 0.25) is 0 Å². The van der Waals surface area contributed by atoms with Gasteiger partial charge < -0.3 is 0 Å². The van der Waals surface area contributed by atoms with Gasteiger partial charge in [0, 0.05) is 5.69 Å². The van der Waals surface area contributed by atoms with Crippen molar-refractivity contribution < 1.29 is 13.2 Å². The Labute approximate surface area is 90.3 Å². The topological polar surface area (TPSA) is 17.8 Å². The number of para-hydroxylation sites is 1. The van der Waals surface area contributed by atoms with Crippen LogP contribution in [0.25, 0.3) is 5.69 Å². The minimum Gasteiger partial charge on any atom is -0.238 e. The molecule has 0 fully saturated rings. The summed E-state index contributed by atoms with van der Waals surface area (Å²) < 4.78 is 38.5. The van der Waals surface area contributed by atoms with Crippen LogP contribution in [0.5, 0.6) is 0 Å². The van der Waals surface area contributed by atoms with E-state index in [0.717, 1.165) is 6.07 Å². The first kappa shape index (κ1) is 10.7. The molecule has 84 valence electrons. The number of nitrogens with zero attached hydrogens (tertiary/aromatic N) is 2. The first-order valence-electron chi connectivity index (χ1n) is 4.68. The Kier molecular flexibility index (Phi) is 2.46. The van der Waals surface area contributed by atoms with E-state index in [1.807, 2.05) is 0 Å². The highest BCUT2D eigenvalue weighted by Gasteiger charge is 2.34. The highest BCUT2D eigenvalue weighted by molar-refractivity contribution is 5.33. The molecule has 0 spiro atoms. The monoisotopic (exact) mass is 226 g/mol. The first-order chi connectivity index (χ1) is 7.48. The van der Waals surface area contributed by atoms with Crippen LogP contribution in [0.3, 0.4) is 0 Å². The Morgan fingerprint density at radius 3 is 2.25 bits per heavy atom. The summed E-state index contributed by atoms with van der Waals surface area (Å²) in [6, 6.07) is 9.76. The maximum absolute atomic E-state index is 12.4. The van der Waals surface area contributed by atoms with Gasteiger partial charge in [0.05, 0.1) is 5.69 Å². The summed E-state index contributed by atoms with van der Waals surface area (Å²) in [4.78, 5) is 0. The van der Waals surface area contributed by atoms with Crippen molar-refractivity contribution in [3.8, 4) is 5.69 Å². The average Bonchev–Trinajstić information content (AvgIpc) is 2.61. The zero-order valence-corrected chi connectivity index (χ0v) is 8.49. The van der Waals surface area contributed by atoms with Crippen LogP contribution < -0.4 is 0 Å². The van der Waals surface area contributed by atoms with Crippen LogP contribution >= 0.6 is 0 Å². The van der Waals surface area contributed by atoms with Crippen LogP contribution in [-0.4, -0.2) is 9.78 Å². The first-order valence-corrected chi connectivity index (χ1v) is 4.68. The molecule has 1 aromatic heterocycles. The third-order valence-corrected chi connectivity index (χ3v) is 2.18. The van der Waals surface area contributed by atoms with Crippen molar-refractivity contribution in [2.24, 2.45) is 0 Å². The predicted molar refractivity (Wildman–Crippen MR) is 53.3 cm³/mol. The molecule has 0 bridgehead atoms. The van der Waals surface area contributed by atoms with Crippen molar-refractivity contribution in [3.05, 3.63) is 47.8 Å². The van der Waals surface area contributed by atoms with Crippen LogP contribution in [0.1, 0.15) is 11.4 Å². The molecule has 0 unspecified atom stereocenters. The lowest BCUT2D eigenvalue weighted by molar-refractivity contribution is -0.141. The van der Waals surface area contributed by atoms with Gasteiger partial charge in [-0.15, -0.1) is 0 Å². The molecule has 0 saturated heterocycles. The summed E-state index contributed by atoms with van der Waals surface area (Å²) in [5.41, 5.74) is 0.211. The number of rotatable bonds is 1. The van der Waals surface area contributed by atoms with E-state index in [9.17, 15) is 13.2 Å². The van der Waals surface area contributed by atoms with Crippen molar-refractivity contribution in [1.82, 2.24) is 9.78 Å². The minimum absolute atomic E-state index is 0.457. The number of aromatic nitrogens is 2. The van der Waals surface area contributed by atoms with Gasteiger partial charge in [0.2, 0.25) is 0 Å². The molecular weight excluding hydrogens is 217 g/mol. The second-order valence-electron chi connectivity index (χ2n) is 3.42. The molecule has 0 aliphatic rings. The van der Waals surface area contributed by atoms with Crippen LogP contribution in [0.15, 0.2) is 36.4 Å². The number of halogens is 3. The maximum atomic E-state index is 12.4. The molecule has 0 aliphatic carbocycles. The maximum Gasteiger partial charge on any atom is 0.435 e. The number of benzene rings is 1. The Morgan fingerprint density at radius 1 is 1.12 bits per heavy atom. The normalized spacial score (nSPS) is 11.8. The van der Waals surface area contributed by atoms with E-state index in [-0.39, 0.29) is 0 Å². The fraction of sp³-hybridized carbons (Fsp3) is 0.182. The summed E-state index contributed by atoms with van der Waals surface area (Å²) in [7, 11) is 0. The number of aryl methyl sites for hydroxylation is 1. The van der Waals surface area contributed by atoms with E-state index >= 15 is 0 Å². The molecule has 0 N–H and O–H groups in total. The van der Waals surface area contributed by atoms with Crippen LogP contribution in [0, 0.1) is 6.92 Å². The fourth-order valence-electron chi connectivity index (χ4n) is 1.44. The molecule has 2 nitrogen and oxygen atoms in total. The molecule has 5 heteroatoms. The lowest BCUT2D eigenvalue weighted by Gasteiger charge is -2.03. The summed E-state index contributed by atoms with van der Waals surface area (Å²) in [6.45, 7) is 1.59. The molecular formula is C11H9F3N2. The second-order valence-corrected chi connectivity index (χ2v) is 3.42. The quantitative estimate of drug-likeness (QED) is 0.730. The van der Waals surface area contributed by atoms with Crippen molar-refractivity contribution >= 4 is 0 Å². The molecule has 2 aromatic rings. The second kappa shape index (κ2) is 3.66. The van der Waals surface area contributed by atoms with Gasteiger partial charge in [-0.2, -0.15) is 18.3 Å². The Balaban J connectivity index is 2.48.